The molecule has 0 amide bonds. The highest BCUT2D eigenvalue weighted by molar-refractivity contribution is 5.77. The van der Waals surface area contributed by atoms with Crippen LogP contribution in [0.25, 0.3) is 0 Å². The van der Waals surface area contributed by atoms with Crippen molar-refractivity contribution < 1.29 is 9.90 Å². The molecular formula is C14H28N2O2. The van der Waals surface area contributed by atoms with Gasteiger partial charge in [0.05, 0.1) is 0 Å². The van der Waals surface area contributed by atoms with E-state index >= 15 is 0 Å². The first-order chi connectivity index (χ1) is 8.45. The van der Waals surface area contributed by atoms with Crippen molar-refractivity contribution in [3.63, 3.8) is 0 Å². The first-order valence-electron chi connectivity index (χ1n) is 7.20. The van der Waals surface area contributed by atoms with Crippen molar-refractivity contribution >= 4 is 5.97 Å². The Hall–Kier alpha value is -0.610. The number of nitrogens with zero attached hydrogens (tertiary/aromatic N) is 1. The number of likely N-dealkylation sites (tertiary alicyclic amines) is 1. The molecule has 0 spiro atoms. The molecule has 1 saturated heterocycles. The lowest BCUT2D eigenvalue weighted by molar-refractivity contribution is -0.142. The summed E-state index contributed by atoms with van der Waals surface area (Å²) in [4.78, 5) is 13.4. The minimum atomic E-state index is -1.06. The first-order valence-corrected chi connectivity index (χ1v) is 7.20. The Morgan fingerprint density at radius 1 is 1.50 bits per heavy atom. The van der Waals surface area contributed by atoms with E-state index in [-0.39, 0.29) is 0 Å². The molecule has 1 fully saturated rings. The van der Waals surface area contributed by atoms with Crippen molar-refractivity contribution in [2.24, 2.45) is 11.7 Å². The molecule has 2 atom stereocenters. The minimum Gasteiger partial charge on any atom is -0.480 e. The summed E-state index contributed by atoms with van der Waals surface area (Å²) < 4.78 is 0. The minimum absolute atomic E-state index is 0.564. The quantitative estimate of drug-likeness (QED) is 0.653. The third-order valence-corrected chi connectivity index (χ3v) is 3.98. The number of carboxylic acids is 1. The van der Waals surface area contributed by atoms with E-state index in [1.165, 1.54) is 32.4 Å². The van der Waals surface area contributed by atoms with Gasteiger partial charge in [0.1, 0.15) is 5.54 Å². The van der Waals surface area contributed by atoms with Gasteiger partial charge in [0.25, 0.3) is 0 Å². The van der Waals surface area contributed by atoms with Gasteiger partial charge in [-0.25, -0.2) is 0 Å². The molecule has 0 saturated carbocycles. The topological polar surface area (TPSA) is 66.6 Å². The maximum atomic E-state index is 10.9. The van der Waals surface area contributed by atoms with Gasteiger partial charge in [0, 0.05) is 6.54 Å². The van der Waals surface area contributed by atoms with Gasteiger partial charge in [-0.3, -0.25) is 4.79 Å². The van der Waals surface area contributed by atoms with Gasteiger partial charge in [-0.05, 0) is 58.0 Å². The van der Waals surface area contributed by atoms with Crippen LogP contribution in [0.4, 0.5) is 0 Å². The van der Waals surface area contributed by atoms with Gasteiger partial charge < -0.3 is 15.7 Å². The third kappa shape index (κ3) is 4.94. The van der Waals surface area contributed by atoms with E-state index in [4.69, 9.17) is 10.8 Å². The fraction of sp³-hybridized carbons (Fsp3) is 0.929. The van der Waals surface area contributed by atoms with Gasteiger partial charge in [-0.1, -0.05) is 13.3 Å². The number of aliphatic carboxylic acids is 1. The van der Waals surface area contributed by atoms with Gasteiger partial charge in [-0.15, -0.1) is 0 Å². The molecule has 1 rings (SSSR count). The molecule has 4 heteroatoms. The molecule has 0 aromatic heterocycles. The fourth-order valence-corrected chi connectivity index (χ4v) is 2.69. The highest BCUT2D eigenvalue weighted by Gasteiger charge is 2.27. The monoisotopic (exact) mass is 256 g/mol. The summed E-state index contributed by atoms with van der Waals surface area (Å²) in [6.45, 7) is 7.38. The number of carbonyl (C=O) groups is 1. The Kier molecular flexibility index (Phi) is 6.09. The lowest BCUT2D eigenvalue weighted by Crippen LogP contribution is -2.44. The van der Waals surface area contributed by atoms with Crippen LogP contribution >= 0.6 is 0 Å². The average Bonchev–Trinajstić information content (AvgIpc) is 2.73. The summed E-state index contributed by atoms with van der Waals surface area (Å²) >= 11 is 0. The average molecular weight is 256 g/mol. The van der Waals surface area contributed by atoms with E-state index in [0.717, 1.165) is 25.3 Å². The Balaban J connectivity index is 2.11. The van der Waals surface area contributed by atoms with Crippen LogP contribution in [0.1, 0.15) is 52.4 Å². The zero-order chi connectivity index (χ0) is 13.6. The zero-order valence-electron chi connectivity index (χ0n) is 11.8. The summed E-state index contributed by atoms with van der Waals surface area (Å²) in [5.41, 5.74) is 4.64. The van der Waals surface area contributed by atoms with Crippen LogP contribution in [0.3, 0.4) is 0 Å². The van der Waals surface area contributed by atoms with Crippen LogP contribution in [0.15, 0.2) is 0 Å². The molecule has 0 aromatic carbocycles. The highest BCUT2D eigenvalue weighted by atomic mass is 16.4. The SMILES string of the molecule is CCCC1CCN(CCCCC(C)(N)C(=O)O)C1. The van der Waals surface area contributed by atoms with E-state index in [0.29, 0.717) is 6.42 Å². The smallest absolute Gasteiger partial charge is 0.323 e. The summed E-state index contributed by atoms with van der Waals surface area (Å²) in [5, 5.41) is 8.91. The standard InChI is InChI=1S/C14H28N2O2/c1-3-6-12-7-10-16(11-12)9-5-4-8-14(2,15)13(17)18/h12H,3-11,15H2,1-2H3,(H,17,18). The first kappa shape index (κ1) is 15.4. The van der Waals surface area contributed by atoms with Crippen LogP contribution < -0.4 is 5.73 Å². The van der Waals surface area contributed by atoms with Gasteiger partial charge in [0.2, 0.25) is 0 Å². The Morgan fingerprint density at radius 3 is 2.83 bits per heavy atom. The Morgan fingerprint density at radius 2 is 2.22 bits per heavy atom. The van der Waals surface area contributed by atoms with E-state index in [1.807, 2.05) is 0 Å². The number of carboxylic acid groups (broad SMARTS) is 1. The van der Waals surface area contributed by atoms with E-state index in [9.17, 15) is 4.79 Å². The molecule has 0 aliphatic carbocycles. The molecule has 18 heavy (non-hydrogen) atoms. The Labute approximate surface area is 111 Å². The maximum Gasteiger partial charge on any atom is 0.323 e. The van der Waals surface area contributed by atoms with Crippen molar-refractivity contribution in [3.8, 4) is 0 Å². The molecule has 4 nitrogen and oxygen atoms in total. The number of nitrogens with two attached hydrogens (primary N) is 1. The highest BCUT2D eigenvalue weighted by Crippen LogP contribution is 2.21. The molecule has 106 valence electrons. The second kappa shape index (κ2) is 7.10. The zero-order valence-corrected chi connectivity index (χ0v) is 11.8. The van der Waals surface area contributed by atoms with Gasteiger partial charge >= 0.3 is 5.97 Å². The Bertz CT molecular complexity index is 267. The van der Waals surface area contributed by atoms with Crippen molar-refractivity contribution in [2.45, 2.75) is 57.9 Å². The van der Waals surface area contributed by atoms with Crippen LogP contribution in [0, 0.1) is 5.92 Å². The lowest BCUT2D eigenvalue weighted by atomic mass is 9.96. The maximum absolute atomic E-state index is 10.9. The molecular weight excluding hydrogens is 228 g/mol. The second-order valence-electron chi connectivity index (χ2n) is 5.92. The van der Waals surface area contributed by atoms with E-state index < -0.39 is 11.5 Å². The summed E-state index contributed by atoms with van der Waals surface area (Å²) in [6.07, 6.45) is 6.47. The summed E-state index contributed by atoms with van der Waals surface area (Å²) in [6, 6.07) is 0. The predicted octanol–water partition coefficient (Wildman–Crippen LogP) is 2.08. The molecule has 0 radical (unpaired) electrons. The summed E-state index contributed by atoms with van der Waals surface area (Å²) in [5.74, 6) is -0.0134. The lowest BCUT2D eigenvalue weighted by Gasteiger charge is -2.20. The van der Waals surface area contributed by atoms with Gasteiger partial charge in [0.15, 0.2) is 0 Å². The number of unbranched alkanes of at least 4 members (excludes halogenated alkanes) is 1. The summed E-state index contributed by atoms with van der Waals surface area (Å²) in [7, 11) is 0. The van der Waals surface area contributed by atoms with E-state index in [2.05, 4.69) is 11.8 Å². The van der Waals surface area contributed by atoms with Crippen molar-refractivity contribution in [1.29, 1.82) is 0 Å². The normalized spacial score (nSPS) is 24.1. The van der Waals surface area contributed by atoms with Crippen LogP contribution in [0.2, 0.25) is 0 Å². The fourth-order valence-electron chi connectivity index (χ4n) is 2.69. The number of rotatable bonds is 8. The van der Waals surface area contributed by atoms with Gasteiger partial charge in [-0.2, -0.15) is 0 Å². The van der Waals surface area contributed by atoms with Crippen LogP contribution in [-0.2, 0) is 4.79 Å². The number of hydrogen-bond donors (Lipinski definition) is 2. The molecule has 1 aliphatic rings. The molecule has 2 unspecified atom stereocenters. The van der Waals surface area contributed by atoms with Crippen LogP contribution in [-0.4, -0.2) is 41.1 Å². The largest absolute Gasteiger partial charge is 0.480 e. The van der Waals surface area contributed by atoms with E-state index in [1.54, 1.807) is 6.92 Å². The second-order valence-corrected chi connectivity index (χ2v) is 5.92. The molecule has 1 heterocycles. The molecule has 1 aliphatic heterocycles. The van der Waals surface area contributed by atoms with Crippen molar-refractivity contribution in [3.05, 3.63) is 0 Å². The third-order valence-electron chi connectivity index (χ3n) is 3.98. The molecule has 3 N–H and O–H groups in total. The molecule has 0 bridgehead atoms. The predicted molar refractivity (Wildman–Crippen MR) is 73.5 cm³/mol. The van der Waals surface area contributed by atoms with Crippen molar-refractivity contribution in [2.75, 3.05) is 19.6 Å². The van der Waals surface area contributed by atoms with Crippen LogP contribution in [0.5, 0.6) is 0 Å². The molecule has 0 aromatic rings. The van der Waals surface area contributed by atoms with Crippen molar-refractivity contribution in [1.82, 2.24) is 4.90 Å². The number of hydrogen-bond acceptors (Lipinski definition) is 3.